The van der Waals surface area contributed by atoms with Crippen LogP contribution >= 0.6 is 0 Å². The number of rotatable bonds is 7. The van der Waals surface area contributed by atoms with Crippen LogP contribution in [0.5, 0.6) is 5.75 Å². The molecule has 8 heteroatoms. The first-order valence-corrected chi connectivity index (χ1v) is 9.48. The van der Waals surface area contributed by atoms with Crippen LogP contribution in [0.2, 0.25) is 0 Å². The van der Waals surface area contributed by atoms with Crippen LogP contribution in [0.15, 0.2) is 47.6 Å². The Hall–Kier alpha value is -3.68. The molecule has 0 aliphatic heterocycles. The van der Waals surface area contributed by atoms with E-state index in [9.17, 15) is 14.4 Å². The van der Waals surface area contributed by atoms with Crippen LogP contribution < -0.4 is 20.8 Å². The molecule has 0 aliphatic carbocycles. The molecule has 30 heavy (non-hydrogen) atoms. The predicted molar refractivity (Wildman–Crippen MR) is 115 cm³/mol. The van der Waals surface area contributed by atoms with Crippen LogP contribution in [-0.2, 0) is 14.4 Å². The van der Waals surface area contributed by atoms with Gasteiger partial charge in [0.05, 0.1) is 6.21 Å². The lowest BCUT2D eigenvalue weighted by Gasteiger charge is -2.09. The molecule has 0 heterocycles. The fraction of sp³-hybridized carbons (Fsp3) is 0.273. The molecule has 0 unspecified atom stereocenters. The van der Waals surface area contributed by atoms with Gasteiger partial charge in [0.1, 0.15) is 5.75 Å². The van der Waals surface area contributed by atoms with Gasteiger partial charge in [-0.05, 0) is 74.7 Å². The van der Waals surface area contributed by atoms with E-state index in [0.29, 0.717) is 17.0 Å². The number of amides is 3. The number of hydrogen-bond acceptors (Lipinski definition) is 5. The van der Waals surface area contributed by atoms with Gasteiger partial charge in [0.2, 0.25) is 0 Å². The highest BCUT2D eigenvalue weighted by Crippen LogP contribution is 2.16. The summed E-state index contributed by atoms with van der Waals surface area (Å²) in [4.78, 5) is 35.5. The van der Waals surface area contributed by atoms with Crippen molar-refractivity contribution in [3.8, 4) is 5.75 Å². The minimum Gasteiger partial charge on any atom is -0.484 e. The maximum absolute atomic E-state index is 12.0. The molecule has 0 saturated carbocycles. The standard InChI is InChI=1S/C22H26N4O4/c1-14(2)24-20(27)13-30-18-9-7-17(8-10-18)12-23-26-22(29)21(28)25-19-11-15(3)5-6-16(19)4/h5-12,14H,13H2,1-4H3,(H,24,27)(H,25,28)(H,26,29)/b23-12-. The van der Waals surface area contributed by atoms with Gasteiger partial charge in [-0.3, -0.25) is 14.4 Å². The zero-order valence-electron chi connectivity index (χ0n) is 17.5. The largest absolute Gasteiger partial charge is 0.484 e. The summed E-state index contributed by atoms with van der Waals surface area (Å²) in [6, 6.07) is 12.4. The second kappa shape index (κ2) is 10.8. The quantitative estimate of drug-likeness (QED) is 0.370. The topological polar surface area (TPSA) is 109 Å². The highest BCUT2D eigenvalue weighted by atomic mass is 16.5. The number of anilines is 1. The first-order chi connectivity index (χ1) is 14.2. The molecule has 158 valence electrons. The Morgan fingerprint density at radius 1 is 1.03 bits per heavy atom. The van der Waals surface area contributed by atoms with Gasteiger partial charge in [0.15, 0.2) is 6.61 Å². The second-order valence-corrected chi connectivity index (χ2v) is 7.05. The fourth-order valence-electron chi connectivity index (χ4n) is 2.43. The number of aryl methyl sites for hydroxylation is 2. The van der Waals surface area contributed by atoms with Crippen LogP contribution in [0.4, 0.5) is 5.69 Å². The summed E-state index contributed by atoms with van der Waals surface area (Å²) in [6.07, 6.45) is 1.40. The molecular formula is C22H26N4O4. The Bertz CT molecular complexity index is 937. The Morgan fingerprint density at radius 2 is 1.73 bits per heavy atom. The number of ether oxygens (including phenoxy) is 1. The van der Waals surface area contributed by atoms with Crippen molar-refractivity contribution in [3.63, 3.8) is 0 Å². The number of carbonyl (C=O) groups is 3. The van der Waals surface area contributed by atoms with Crippen molar-refractivity contribution in [2.45, 2.75) is 33.7 Å². The predicted octanol–water partition coefficient (Wildman–Crippen LogP) is 2.30. The number of benzene rings is 2. The highest BCUT2D eigenvalue weighted by Gasteiger charge is 2.14. The van der Waals surface area contributed by atoms with E-state index < -0.39 is 11.8 Å². The van der Waals surface area contributed by atoms with Crippen LogP contribution in [0.25, 0.3) is 0 Å². The molecule has 2 aromatic rings. The van der Waals surface area contributed by atoms with Gasteiger partial charge in [-0.15, -0.1) is 0 Å². The summed E-state index contributed by atoms with van der Waals surface area (Å²) in [7, 11) is 0. The third kappa shape index (κ3) is 7.38. The van der Waals surface area contributed by atoms with Gasteiger partial charge in [0, 0.05) is 11.7 Å². The van der Waals surface area contributed by atoms with E-state index in [1.807, 2.05) is 39.8 Å². The van der Waals surface area contributed by atoms with Crippen molar-refractivity contribution < 1.29 is 19.1 Å². The number of carbonyl (C=O) groups excluding carboxylic acids is 3. The SMILES string of the molecule is Cc1ccc(C)c(NC(=O)C(=O)N/N=C\c2ccc(OCC(=O)NC(C)C)cc2)c1. The lowest BCUT2D eigenvalue weighted by Crippen LogP contribution is -2.34. The van der Waals surface area contributed by atoms with Crippen LogP contribution in [0.1, 0.15) is 30.5 Å². The first kappa shape index (κ1) is 22.6. The fourth-order valence-corrected chi connectivity index (χ4v) is 2.43. The van der Waals surface area contributed by atoms with Gasteiger partial charge in [-0.25, -0.2) is 5.43 Å². The number of nitrogens with one attached hydrogen (secondary N) is 3. The summed E-state index contributed by atoms with van der Waals surface area (Å²) in [5, 5.41) is 9.09. The second-order valence-electron chi connectivity index (χ2n) is 7.05. The summed E-state index contributed by atoms with van der Waals surface area (Å²) < 4.78 is 5.39. The van der Waals surface area contributed by atoms with Gasteiger partial charge < -0.3 is 15.4 Å². The zero-order chi connectivity index (χ0) is 22.1. The van der Waals surface area contributed by atoms with E-state index >= 15 is 0 Å². The van der Waals surface area contributed by atoms with Crippen molar-refractivity contribution >= 4 is 29.6 Å². The Kier molecular flexibility index (Phi) is 8.10. The van der Waals surface area contributed by atoms with Crippen LogP contribution in [0.3, 0.4) is 0 Å². The Balaban J connectivity index is 1.83. The molecule has 0 radical (unpaired) electrons. The molecular weight excluding hydrogens is 384 g/mol. The van der Waals surface area contributed by atoms with Crippen molar-refractivity contribution in [2.24, 2.45) is 5.10 Å². The summed E-state index contributed by atoms with van der Waals surface area (Å²) in [5.41, 5.74) is 5.29. The van der Waals surface area contributed by atoms with Crippen molar-refractivity contribution in [2.75, 3.05) is 11.9 Å². The molecule has 3 amide bonds. The first-order valence-electron chi connectivity index (χ1n) is 9.48. The van der Waals surface area contributed by atoms with E-state index in [4.69, 9.17) is 4.74 Å². The number of nitrogens with zero attached hydrogens (tertiary/aromatic N) is 1. The van der Waals surface area contributed by atoms with E-state index in [2.05, 4.69) is 21.2 Å². The molecule has 3 N–H and O–H groups in total. The lowest BCUT2D eigenvalue weighted by molar-refractivity contribution is -0.136. The molecule has 8 nitrogen and oxygen atoms in total. The van der Waals surface area contributed by atoms with E-state index in [0.717, 1.165) is 11.1 Å². The molecule has 2 rings (SSSR count). The molecule has 0 spiro atoms. The number of hydrazone groups is 1. The Morgan fingerprint density at radius 3 is 2.40 bits per heavy atom. The van der Waals surface area contributed by atoms with Crippen molar-refractivity contribution in [1.82, 2.24) is 10.7 Å². The normalized spacial score (nSPS) is 10.7. The van der Waals surface area contributed by atoms with E-state index in [1.54, 1.807) is 30.3 Å². The average Bonchev–Trinajstić information content (AvgIpc) is 2.69. The van der Waals surface area contributed by atoms with Gasteiger partial charge in [0.25, 0.3) is 5.91 Å². The Labute approximate surface area is 175 Å². The lowest BCUT2D eigenvalue weighted by atomic mass is 10.1. The van der Waals surface area contributed by atoms with Crippen LogP contribution in [0, 0.1) is 13.8 Å². The third-order valence-corrected chi connectivity index (χ3v) is 3.93. The van der Waals surface area contributed by atoms with E-state index in [1.165, 1.54) is 6.21 Å². The number of hydrogen-bond donors (Lipinski definition) is 3. The maximum atomic E-state index is 12.0. The summed E-state index contributed by atoms with van der Waals surface area (Å²) in [5.74, 6) is -1.34. The smallest absolute Gasteiger partial charge is 0.329 e. The average molecular weight is 410 g/mol. The van der Waals surface area contributed by atoms with Gasteiger partial charge in [-0.1, -0.05) is 12.1 Å². The summed E-state index contributed by atoms with van der Waals surface area (Å²) >= 11 is 0. The minimum absolute atomic E-state index is 0.0535. The molecule has 0 bridgehead atoms. The third-order valence-electron chi connectivity index (χ3n) is 3.93. The molecule has 0 aromatic heterocycles. The van der Waals surface area contributed by atoms with Gasteiger partial charge >= 0.3 is 11.8 Å². The minimum atomic E-state index is -0.872. The monoisotopic (exact) mass is 410 g/mol. The zero-order valence-corrected chi connectivity index (χ0v) is 17.5. The van der Waals surface area contributed by atoms with E-state index in [-0.39, 0.29) is 18.6 Å². The molecule has 0 aliphatic rings. The maximum Gasteiger partial charge on any atom is 0.329 e. The molecule has 2 aromatic carbocycles. The van der Waals surface area contributed by atoms with Crippen LogP contribution in [-0.4, -0.2) is 36.6 Å². The molecule has 0 atom stereocenters. The summed E-state index contributed by atoms with van der Waals surface area (Å²) in [6.45, 7) is 7.42. The van der Waals surface area contributed by atoms with Crippen molar-refractivity contribution in [1.29, 1.82) is 0 Å². The molecule has 0 fully saturated rings. The molecule has 0 saturated heterocycles. The van der Waals surface area contributed by atoms with Gasteiger partial charge in [-0.2, -0.15) is 5.10 Å². The highest BCUT2D eigenvalue weighted by molar-refractivity contribution is 6.39. The van der Waals surface area contributed by atoms with Crippen molar-refractivity contribution in [3.05, 3.63) is 59.2 Å².